The highest BCUT2D eigenvalue weighted by atomic mass is 35.5. The van der Waals surface area contributed by atoms with Crippen molar-refractivity contribution in [2.75, 3.05) is 19.0 Å². The molecule has 11 heavy (non-hydrogen) atoms. The Morgan fingerprint density at radius 1 is 1.55 bits per heavy atom. The largest absolute Gasteiger partial charge is 0.301 e. The van der Waals surface area contributed by atoms with E-state index >= 15 is 0 Å². The second kappa shape index (κ2) is 6.10. The minimum absolute atomic E-state index is 0. The first-order valence-corrected chi connectivity index (χ1v) is 4.68. The Balaban J connectivity index is 0.000001000. The molecule has 0 bridgehead atoms. The van der Waals surface area contributed by atoms with Gasteiger partial charge in [-0.25, -0.2) is 0 Å². The minimum Gasteiger partial charge on any atom is -0.301 e. The Kier molecular flexibility index (Phi) is 6.40. The Bertz CT molecular complexity index is 98.1. The molecule has 0 aromatic heterocycles. The molecule has 1 aliphatic rings. The van der Waals surface area contributed by atoms with Gasteiger partial charge in [-0.15, -0.1) is 24.0 Å². The van der Waals surface area contributed by atoms with Crippen molar-refractivity contribution in [3.8, 4) is 0 Å². The highest BCUT2D eigenvalue weighted by molar-refractivity contribution is 6.17. The van der Waals surface area contributed by atoms with Gasteiger partial charge in [0.2, 0.25) is 0 Å². The van der Waals surface area contributed by atoms with E-state index in [1.54, 1.807) is 0 Å². The molecule has 1 aliphatic heterocycles. The topological polar surface area (TPSA) is 3.24 Å². The summed E-state index contributed by atoms with van der Waals surface area (Å²) >= 11 is 5.60. The monoisotopic (exact) mass is 197 g/mol. The van der Waals surface area contributed by atoms with Crippen LogP contribution in [0.3, 0.4) is 0 Å². The molecular weight excluding hydrogens is 181 g/mol. The molecule has 1 saturated heterocycles. The molecule has 0 spiro atoms. The summed E-state index contributed by atoms with van der Waals surface area (Å²) in [6.07, 6.45) is 3.90. The van der Waals surface area contributed by atoms with E-state index in [0.29, 0.717) is 0 Å². The van der Waals surface area contributed by atoms with Crippen molar-refractivity contribution in [2.24, 2.45) is 0 Å². The van der Waals surface area contributed by atoms with Gasteiger partial charge in [0.15, 0.2) is 0 Å². The van der Waals surface area contributed by atoms with E-state index in [1.807, 2.05) is 0 Å². The van der Waals surface area contributed by atoms with Gasteiger partial charge < -0.3 is 4.90 Å². The Morgan fingerprint density at radius 2 is 2.27 bits per heavy atom. The number of likely N-dealkylation sites (tertiary alicyclic amines) is 1. The van der Waals surface area contributed by atoms with E-state index in [-0.39, 0.29) is 12.4 Å². The first kappa shape index (κ1) is 11.5. The number of alkyl halides is 1. The molecule has 3 heteroatoms. The van der Waals surface area contributed by atoms with Gasteiger partial charge in [-0.2, -0.15) is 0 Å². The predicted octanol–water partition coefficient (Wildman–Crippen LogP) is 2.52. The molecule has 0 unspecified atom stereocenters. The number of rotatable bonds is 3. The van der Waals surface area contributed by atoms with Crippen LogP contribution in [0, 0.1) is 0 Å². The van der Waals surface area contributed by atoms with Crippen LogP contribution in [-0.2, 0) is 0 Å². The van der Waals surface area contributed by atoms with Crippen LogP contribution in [0.1, 0.15) is 26.2 Å². The maximum Gasteiger partial charge on any atom is 0.0235 e. The third kappa shape index (κ3) is 3.64. The second-order valence-electron chi connectivity index (χ2n) is 3.07. The molecule has 0 saturated carbocycles. The standard InChI is InChI=1S/C8H16ClN.ClH/c1-8-4-2-6-10(8)7-3-5-9;/h8H,2-7H2,1H3;1H/t8-;/m1./s1. The van der Waals surface area contributed by atoms with Crippen molar-refractivity contribution < 1.29 is 0 Å². The minimum atomic E-state index is 0. The SMILES string of the molecule is C[C@@H]1CCCN1CCCCl.Cl. The fraction of sp³-hybridized carbons (Fsp3) is 1.00. The molecule has 0 radical (unpaired) electrons. The molecule has 0 aromatic rings. The summed E-state index contributed by atoms with van der Waals surface area (Å²) in [6.45, 7) is 4.80. The van der Waals surface area contributed by atoms with E-state index in [1.165, 1.54) is 25.9 Å². The fourth-order valence-corrected chi connectivity index (χ4v) is 1.71. The number of hydrogen-bond donors (Lipinski definition) is 0. The molecular formula is C8H17Cl2N. The maximum atomic E-state index is 5.60. The fourth-order valence-electron chi connectivity index (χ4n) is 1.59. The highest BCUT2D eigenvalue weighted by Gasteiger charge is 2.18. The summed E-state index contributed by atoms with van der Waals surface area (Å²) in [7, 11) is 0. The zero-order valence-electron chi connectivity index (χ0n) is 7.05. The van der Waals surface area contributed by atoms with Crippen molar-refractivity contribution in [3.63, 3.8) is 0 Å². The zero-order chi connectivity index (χ0) is 7.40. The van der Waals surface area contributed by atoms with Gasteiger partial charge in [-0.3, -0.25) is 0 Å². The molecule has 1 fully saturated rings. The highest BCUT2D eigenvalue weighted by Crippen LogP contribution is 2.15. The van der Waals surface area contributed by atoms with Crippen molar-refractivity contribution >= 4 is 24.0 Å². The first-order valence-electron chi connectivity index (χ1n) is 4.14. The lowest BCUT2D eigenvalue weighted by Gasteiger charge is -2.19. The van der Waals surface area contributed by atoms with Crippen molar-refractivity contribution in [3.05, 3.63) is 0 Å². The molecule has 1 atom stereocenters. The van der Waals surface area contributed by atoms with Gasteiger partial charge in [0, 0.05) is 11.9 Å². The number of hydrogen-bond acceptors (Lipinski definition) is 1. The summed E-state index contributed by atoms with van der Waals surface area (Å²) < 4.78 is 0. The summed E-state index contributed by atoms with van der Waals surface area (Å²) in [4.78, 5) is 2.53. The molecule has 1 rings (SSSR count). The van der Waals surface area contributed by atoms with Crippen LogP contribution < -0.4 is 0 Å². The third-order valence-corrected chi connectivity index (χ3v) is 2.54. The van der Waals surface area contributed by atoms with Crippen LogP contribution in [0.5, 0.6) is 0 Å². The maximum absolute atomic E-state index is 5.60. The lowest BCUT2D eigenvalue weighted by atomic mass is 10.2. The average Bonchev–Trinajstić information content (AvgIpc) is 2.31. The van der Waals surface area contributed by atoms with Gasteiger partial charge in [-0.05, 0) is 39.3 Å². The lowest BCUT2D eigenvalue weighted by molar-refractivity contribution is 0.270. The van der Waals surface area contributed by atoms with E-state index in [2.05, 4.69) is 11.8 Å². The van der Waals surface area contributed by atoms with Gasteiger partial charge in [0.25, 0.3) is 0 Å². The predicted molar refractivity (Wildman–Crippen MR) is 52.9 cm³/mol. The van der Waals surface area contributed by atoms with Crippen LogP contribution in [0.2, 0.25) is 0 Å². The quantitative estimate of drug-likeness (QED) is 0.630. The van der Waals surface area contributed by atoms with E-state index in [9.17, 15) is 0 Å². The lowest BCUT2D eigenvalue weighted by Crippen LogP contribution is -2.27. The van der Waals surface area contributed by atoms with Crippen molar-refractivity contribution in [1.82, 2.24) is 4.90 Å². The third-order valence-electron chi connectivity index (χ3n) is 2.27. The molecule has 0 aromatic carbocycles. The van der Waals surface area contributed by atoms with Crippen molar-refractivity contribution in [1.29, 1.82) is 0 Å². The van der Waals surface area contributed by atoms with E-state index in [4.69, 9.17) is 11.6 Å². The Labute approximate surface area is 80.5 Å². The van der Waals surface area contributed by atoms with Crippen molar-refractivity contribution in [2.45, 2.75) is 32.2 Å². The van der Waals surface area contributed by atoms with Gasteiger partial charge in [-0.1, -0.05) is 0 Å². The zero-order valence-corrected chi connectivity index (χ0v) is 8.63. The molecule has 1 heterocycles. The van der Waals surface area contributed by atoms with Crippen LogP contribution in [0.4, 0.5) is 0 Å². The normalized spacial score (nSPS) is 25.1. The second-order valence-corrected chi connectivity index (χ2v) is 3.45. The molecule has 0 aliphatic carbocycles. The Hall–Kier alpha value is 0.540. The van der Waals surface area contributed by atoms with E-state index < -0.39 is 0 Å². The summed E-state index contributed by atoms with van der Waals surface area (Å²) in [5, 5.41) is 0. The molecule has 68 valence electrons. The molecule has 0 amide bonds. The van der Waals surface area contributed by atoms with Gasteiger partial charge in [0.1, 0.15) is 0 Å². The number of nitrogens with zero attached hydrogens (tertiary/aromatic N) is 1. The van der Waals surface area contributed by atoms with Crippen LogP contribution in [0.15, 0.2) is 0 Å². The van der Waals surface area contributed by atoms with E-state index in [0.717, 1.165) is 18.3 Å². The van der Waals surface area contributed by atoms with Crippen LogP contribution in [0.25, 0.3) is 0 Å². The molecule has 1 nitrogen and oxygen atoms in total. The smallest absolute Gasteiger partial charge is 0.0235 e. The van der Waals surface area contributed by atoms with Gasteiger partial charge >= 0.3 is 0 Å². The average molecular weight is 198 g/mol. The molecule has 0 N–H and O–H groups in total. The summed E-state index contributed by atoms with van der Waals surface area (Å²) in [5.41, 5.74) is 0. The first-order chi connectivity index (χ1) is 4.84. The van der Waals surface area contributed by atoms with Crippen LogP contribution in [-0.4, -0.2) is 29.9 Å². The number of halogens is 2. The van der Waals surface area contributed by atoms with Crippen LogP contribution >= 0.6 is 24.0 Å². The Morgan fingerprint density at radius 3 is 2.73 bits per heavy atom. The summed E-state index contributed by atoms with van der Waals surface area (Å²) in [5.74, 6) is 0.809. The van der Waals surface area contributed by atoms with Gasteiger partial charge in [0.05, 0.1) is 0 Å². The summed E-state index contributed by atoms with van der Waals surface area (Å²) in [6, 6.07) is 0.809.